The SMILES string of the molecule is CCc1nsc(N2CCN(C(=NC)NCc3ccnc(OCC4CC4)c3)CC2)n1. The topological polar surface area (TPSA) is 78.8 Å². The molecule has 4 rings (SSSR count). The second kappa shape index (κ2) is 9.39. The smallest absolute Gasteiger partial charge is 0.213 e. The first-order valence-corrected chi connectivity index (χ1v) is 11.1. The molecule has 2 aromatic rings. The molecule has 2 aliphatic rings. The highest BCUT2D eigenvalue weighted by Crippen LogP contribution is 2.29. The van der Waals surface area contributed by atoms with Crippen molar-refractivity contribution < 1.29 is 4.74 Å². The van der Waals surface area contributed by atoms with Crippen LogP contribution in [0.4, 0.5) is 5.13 Å². The molecular formula is C20H29N7OS. The fourth-order valence-corrected chi connectivity index (χ4v) is 4.07. The van der Waals surface area contributed by atoms with E-state index in [1.54, 1.807) is 0 Å². The highest BCUT2D eigenvalue weighted by Gasteiger charge is 2.23. The minimum atomic E-state index is 0.700. The summed E-state index contributed by atoms with van der Waals surface area (Å²) in [5.74, 6) is 3.30. The normalized spacial score (nSPS) is 17.5. The molecule has 2 aromatic heterocycles. The molecule has 9 heteroatoms. The minimum Gasteiger partial charge on any atom is -0.477 e. The van der Waals surface area contributed by atoms with Gasteiger partial charge in [-0.15, -0.1) is 0 Å². The van der Waals surface area contributed by atoms with Crippen molar-refractivity contribution in [1.82, 2.24) is 24.6 Å². The first kappa shape index (κ1) is 19.9. The first-order valence-electron chi connectivity index (χ1n) is 10.4. The number of nitrogens with zero attached hydrogens (tertiary/aromatic N) is 6. The van der Waals surface area contributed by atoms with E-state index in [1.807, 2.05) is 25.4 Å². The van der Waals surface area contributed by atoms with Gasteiger partial charge in [-0.05, 0) is 30.4 Å². The summed E-state index contributed by atoms with van der Waals surface area (Å²) < 4.78 is 10.2. The predicted octanol–water partition coefficient (Wildman–Crippen LogP) is 2.18. The molecule has 156 valence electrons. The molecule has 29 heavy (non-hydrogen) atoms. The maximum Gasteiger partial charge on any atom is 0.213 e. The molecule has 2 fully saturated rings. The summed E-state index contributed by atoms with van der Waals surface area (Å²) in [7, 11) is 1.84. The molecule has 1 saturated heterocycles. The number of pyridine rings is 1. The molecule has 8 nitrogen and oxygen atoms in total. The van der Waals surface area contributed by atoms with E-state index in [1.165, 1.54) is 24.4 Å². The number of rotatable bonds is 7. The molecule has 0 radical (unpaired) electrons. The highest BCUT2D eigenvalue weighted by atomic mass is 32.1. The third-order valence-corrected chi connectivity index (χ3v) is 6.06. The summed E-state index contributed by atoms with van der Waals surface area (Å²) in [5.41, 5.74) is 1.14. The van der Waals surface area contributed by atoms with Crippen molar-refractivity contribution in [3.05, 3.63) is 29.7 Å². The van der Waals surface area contributed by atoms with Gasteiger partial charge in [-0.1, -0.05) is 6.92 Å². The minimum absolute atomic E-state index is 0.700. The van der Waals surface area contributed by atoms with E-state index in [0.717, 1.165) is 67.6 Å². The van der Waals surface area contributed by atoms with Crippen LogP contribution >= 0.6 is 11.5 Å². The molecule has 1 saturated carbocycles. The Balaban J connectivity index is 1.27. The summed E-state index contributed by atoms with van der Waals surface area (Å²) in [4.78, 5) is 18.0. The number of anilines is 1. The molecule has 0 bridgehead atoms. The van der Waals surface area contributed by atoms with Crippen molar-refractivity contribution >= 4 is 22.6 Å². The number of nitrogens with one attached hydrogen (secondary N) is 1. The summed E-state index contributed by atoms with van der Waals surface area (Å²) >= 11 is 1.50. The molecule has 1 N–H and O–H groups in total. The fourth-order valence-electron chi connectivity index (χ4n) is 3.27. The van der Waals surface area contributed by atoms with Crippen molar-refractivity contribution in [1.29, 1.82) is 0 Å². The molecular weight excluding hydrogens is 386 g/mol. The number of aromatic nitrogens is 3. The zero-order valence-corrected chi connectivity index (χ0v) is 18.0. The Labute approximate surface area is 176 Å². The van der Waals surface area contributed by atoms with Crippen LogP contribution in [0.25, 0.3) is 0 Å². The molecule has 0 unspecified atom stereocenters. The van der Waals surface area contributed by atoms with Gasteiger partial charge in [0.1, 0.15) is 5.82 Å². The number of hydrogen-bond acceptors (Lipinski definition) is 7. The lowest BCUT2D eigenvalue weighted by atomic mass is 10.2. The highest BCUT2D eigenvalue weighted by molar-refractivity contribution is 7.09. The van der Waals surface area contributed by atoms with Crippen molar-refractivity contribution in [2.75, 3.05) is 44.7 Å². The molecule has 0 atom stereocenters. The quantitative estimate of drug-likeness (QED) is 0.548. The third kappa shape index (κ3) is 5.35. The van der Waals surface area contributed by atoms with Gasteiger partial charge in [0.25, 0.3) is 0 Å². The van der Waals surface area contributed by atoms with Crippen molar-refractivity contribution in [3.8, 4) is 5.88 Å². The van der Waals surface area contributed by atoms with Gasteiger partial charge in [-0.3, -0.25) is 4.99 Å². The van der Waals surface area contributed by atoms with Crippen molar-refractivity contribution in [3.63, 3.8) is 0 Å². The van der Waals surface area contributed by atoms with Crippen LogP contribution in [-0.4, -0.2) is 65.0 Å². The lowest BCUT2D eigenvalue weighted by molar-refractivity contribution is 0.288. The van der Waals surface area contributed by atoms with Crippen molar-refractivity contribution in [2.45, 2.75) is 32.7 Å². The molecule has 3 heterocycles. The third-order valence-electron chi connectivity index (χ3n) is 5.25. The van der Waals surface area contributed by atoms with Crippen LogP contribution in [0.1, 0.15) is 31.2 Å². The Hall–Kier alpha value is -2.42. The van der Waals surface area contributed by atoms with Gasteiger partial charge >= 0.3 is 0 Å². The number of piperazine rings is 1. The van der Waals surface area contributed by atoms with Gasteiger partial charge in [-0.2, -0.15) is 4.37 Å². The number of guanidine groups is 1. The van der Waals surface area contributed by atoms with Crippen LogP contribution in [0, 0.1) is 5.92 Å². The maximum absolute atomic E-state index is 5.79. The summed E-state index contributed by atoms with van der Waals surface area (Å²) in [5, 5.41) is 4.50. The monoisotopic (exact) mass is 415 g/mol. The number of ether oxygens (including phenoxy) is 1. The summed E-state index contributed by atoms with van der Waals surface area (Å²) in [6.07, 6.45) is 5.26. The zero-order valence-electron chi connectivity index (χ0n) is 17.2. The van der Waals surface area contributed by atoms with Gasteiger partial charge in [-0.25, -0.2) is 9.97 Å². The number of aryl methyl sites for hydroxylation is 1. The predicted molar refractivity (Wildman–Crippen MR) is 116 cm³/mol. The second-order valence-electron chi connectivity index (χ2n) is 7.48. The molecule has 0 spiro atoms. The van der Waals surface area contributed by atoms with Gasteiger partial charge < -0.3 is 19.9 Å². The Morgan fingerprint density at radius 1 is 1.31 bits per heavy atom. The van der Waals surface area contributed by atoms with Crippen LogP contribution < -0.4 is 15.0 Å². The van der Waals surface area contributed by atoms with E-state index >= 15 is 0 Å². The lowest BCUT2D eigenvalue weighted by Gasteiger charge is -2.36. The van der Waals surface area contributed by atoms with E-state index in [2.05, 4.69) is 41.4 Å². The van der Waals surface area contributed by atoms with E-state index in [9.17, 15) is 0 Å². The van der Waals surface area contributed by atoms with Crippen LogP contribution in [-0.2, 0) is 13.0 Å². The maximum atomic E-state index is 5.79. The number of aliphatic imine (C=N–C) groups is 1. The van der Waals surface area contributed by atoms with Gasteiger partial charge in [0.15, 0.2) is 5.96 Å². The molecule has 1 aliphatic carbocycles. The first-order chi connectivity index (χ1) is 14.2. The van der Waals surface area contributed by atoms with Gasteiger partial charge in [0.05, 0.1) is 6.61 Å². The standard InChI is InChI=1S/C20H29N7OS/c1-3-17-24-20(29-25-17)27-10-8-26(9-11-27)19(21-2)23-13-16-6-7-22-18(12-16)28-14-15-4-5-15/h6-7,12,15H,3-5,8-11,13-14H2,1-2H3,(H,21,23). The second-order valence-corrected chi connectivity index (χ2v) is 8.21. The lowest BCUT2D eigenvalue weighted by Crippen LogP contribution is -2.52. The van der Waals surface area contributed by atoms with E-state index in [-0.39, 0.29) is 0 Å². The molecule has 0 aromatic carbocycles. The average molecular weight is 416 g/mol. The molecule has 0 amide bonds. The Bertz CT molecular complexity index is 828. The van der Waals surface area contributed by atoms with Gasteiger partial charge in [0, 0.05) is 70.0 Å². The van der Waals surface area contributed by atoms with Crippen LogP contribution in [0.15, 0.2) is 23.3 Å². The summed E-state index contributed by atoms with van der Waals surface area (Å²) in [6.45, 7) is 7.24. The van der Waals surface area contributed by atoms with Crippen LogP contribution in [0.5, 0.6) is 5.88 Å². The summed E-state index contributed by atoms with van der Waals surface area (Å²) in [6, 6.07) is 4.03. The Kier molecular flexibility index (Phi) is 6.43. The Morgan fingerprint density at radius 3 is 2.83 bits per heavy atom. The van der Waals surface area contributed by atoms with E-state index in [0.29, 0.717) is 12.4 Å². The zero-order chi connectivity index (χ0) is 20.1. The number of hydrogen-bond donors (Lipinski definition) is 1. The van der Waals surface area contributed by atoms with Crippen LogP contribution in [0.2, 0.25) is 0 Å². The van der Waals surface area contributed by atoms with E-state index < -0.39 is 0 Å². The Morgan fingerprint density at radius 2 is 2.14 bits per heavy atom. The average Bonchev–Trinajstić information content (AvgIpc) is 3.48. The largest absolute Gasteiger partial charge is 0.477 e. The van der Waals surface area contributed by atoms with E-state index in [4.69, 9.17) is 4.74 Å². The molecule has 1 aliphatic heterocycles. The van der Waals surface area contributed by atoms with Crippen LogP contribution in [0.3, 0.4) is 0 Å². The van der Waals surface area contributed by atoms with Crippen molar-refractivity contribution in [2.24, 2.45) is 10.9 Å². The van der Waals surface area contributed by atoms with Gasteiger partial charge in [0.2, 0.25) is 11.0 Å². The fraction of sp³-hybridized carbons (Fsp3) is 0.600.